The van der Waals surface area contributed by atoms with Crippen LogP contribution in [0.5, 0.6) is 0 Å². The molecule has 0 aliphatic carbocycles. The van der Waals surface area contributed by atoms with Crippen LogP contribution in [0.4, 0.5) is 0 Å². The normalized spacial score (nSPS) is 17.9. The second-order valence-corrected chi connectivity index (χ2v) is 5.72. The van der Waals surface area contributed by atoms with Gasteiger partial charge in [-0.05, 0) is 11.1 Å². The Hall–Kier alpha value is -2.17. The molecule has 2 aromatic rings. The lowest BCUT2D eigenvalue weighted by Gasteiger charge is -2.25. The lowest BCUT2D eigenvalue weighted by Crippen LogP contribution is -2.42. The van der Waals surface area contributed by atoms with E-state index >= 15 is 0 Å². The molecule has 1 saturated heterocycles. The Kier molecular flexibility index (Phi) is 5.40. The molecule has 23 heavy (non-hydrogen) atoms. The second kappa shape index (κ2) is 7.90. The van der Waals surface area contributed by atoms with Gasteiger partial charge in [0.25, 0.3) is 0 Å². The van der Waals surface area contributed by atoms with Gasteiger partial charge in [-0.1, -0.05) is 60.7 Å². The van der Waals surface area contributed by atoms with E-state index < -0.39 is 0 Å². The van der Waals surface area contributed by atoms with Crippen molar-refractivity contribution in [1.29, 1.82) is 0 Å². The van der Waals surface area contributed by atoms with Crippen molar-refractivity contribution in [2.24, 2.45) is 0 Å². The van der Waals surface area contributed by atoms with Gasteiger partial charge in [0.1, 0.15) is 0 Å². The summed E-state index contributed by atoms with van der Waals surface area (Å²) in [5.41, 5.74) is 2.16. The third-order valence-electron chi connectivity index (χ3n) is 3.99. The minimum Gasteiger partial charge on any atom is -0.375 e. The van der Waals surface area contributed by atoms with Crippen LogP contribution in [0.15, 0.2) is 60.7 Å². The van der Waals surface area contributed by atoms with Gasteiger partial charge in [0.05, 0.1) is 25.2 Å². The Morgan fingerprint density at radius 2 is 1.70 bits per heavy atom. The lowest BCUT2D eigenvalue weighted by molar-refractivity contribution is -0.125. The lowest BCUT2D eigenvalue weighted by atomic mass is 9.98. The fourth-order valence-corrected chi connectivity index (χ4v) is 2.83. The highest BCUT2D eigenvalue weighted by molar-refractivity contribution is 5.77. The number of nitrogens with one attached hydrogen (secondary N) is 2. The molecule has 1 aliphatic rings. The molecule has 1 unspecified atom stereocenters. The maximum Gasteiger partial charge on any atom is 0.223 e. The van der Waals surface area contributed by atoms with E-state index in [2.05, 4.69) is 10.6 Å². The van der Waals surface area contributed by atoms with Gasteiger partial charge in [-0.2, -0.15) is 0 Å². The van der Waals surface area contributed by atoms with Crippen molar-refractivity contribution < 1.29 is 9.53 Å². The smallest absolute Gasteiger partial charge is 0.223 e. The van der Waals surface area contributed by atoms with Crippen LogP contribution in [0.2, 0.25) is 0 Å². The van der Waals surface area contributed by atoms with Crippen molar-refractivity contribution in [1.82, 2.24) is 10.6 Å². The van der Waals surface area contributed by atoms with Crippen molar-refractivity contribution in [3.63, 3.8) is 0 Å². The van der Waals surface area contributed by atoms with Crippen molar-refractivity contribution >= 4 is 5.91 Å². The molecule has 4 heteroatoms. The van der Waals surface area contributed by atoms with E-state index in [1.165, 1.54) is 0 Å². The summed E-state index contributed by atoms with van der Waals surface area (Å²) in [5.74, 6) is 0.0106. The predicted octanol–water partition coefficient (Wildman–Crippen LogP) is 2.27. The Morgan fingerprint density at radius 3 is 2.22 bits per heavy atom. The highest BCUT2D eigenvalue weighted by atomic mass is 16.5. The number of hydrogen-bond donors (Lipinski definition) is 2. The summed E-state index contributed by atoms with van der Waals surface area (Å²) in [7, 11) is 0. The van der Waals surface area contributed by atoms with Crippen molar-refractivity contribution in [2.75, 3.05) is 19.7 Å². The molecule has 0 spiro atoms. The minimum absolute atomic E-state index is 0.0106. The average Bonchev–Trinajstić information content (AvgIpc) is 2.62. The first-order valence-corrected chi connectivity index (χ1v) is 8.04. The molecule has 0 saturated carbocycles. The number of morpholine rings is 1. The number of ether oxygens (including phenoxy) is 1. The first-order valence-electron chi connectivity index (χ1n) is 8.04. The summed E-state index contributed by atoms with van der Waals surface area (Å²) in [4.78, 5) is 12.4. The van der Waals surface area contributed by atoms with Crippen molar-refractivity contribution in [2.45, 2.75) is 18.6 Å². The van der Waals surface area contributed by atoms with Crippen LogP contribution >= 0.6 is 0 Å². The first kappa shape index (κ1) is 15.7. The molecule has 1 aliphatic heterocycles. The van der Waals surface area contributed by atoms with Gasteiger partial charge in [0.2, 0.25) is 5.91 Å². The Balaban J connectivity index is 1.72. The SMILES string of the molecule is O=C(CC1CNCCO1)NC(c1ccccc1)c1ccccc1. The van der Waals surface area contributed by atoms with Crippen LogP contribution in [0, 0.1) is 0 Å². The zero-order chi connectivity index (χ0) is 15.9. The van der Waals surface area contributed by atoms with Crippen LogP contribution in [0.3, 0.4) is 0 Å². The summed E-state index contributed by atoms with van der Waals surface area (Å²) < 4.78 is 5.62. The summed E-state index contributed by atoms with van der Waals surface area (Å²) >= 11 is 0. The van der Waals surface area contributed by atoms with Gasteiger partial charge in [-0.15, -0.1) is 0 Å². The second-order valence-electron chi connectivity index (χ2n) is 5.72. The maximum absolute atomic E-state index is 12.4. The molecule has 1 fully saturated rings. The van der Waals surface area contributed by atoms with Gasteiger partial charge in [0, 0.05) is 13.1 Å². The van der Waals surface area contributed by atoms with Crippen LogP contribution < -0.4 is 10.6 Å². The molecular formula is C19H22N2O2. The van der Waals surface area contributed by atoms with E-state index in [9.17, 15) is 4.79 Å². The van der Waals surface area contributed by atoms with Crippen LogP contribution in [0.1, 0.15) is 23.6 Å². The molecule has 120 valence electrons. The monoisotopic (exact) mass is 310 g/mol. The largest absolute Gasteiger partial charge is 0.375 e. The third-order valence-corrected chi connectivity index (χ3v) is 3.99. The maximum atomic E-state index is 12.4. The molecule has 1 atom stereocenters. The molecule has 2 aromatic carbocycles. The number of rotatable bonds is 5. The van der Waals surface area contributed by atoms with E-state index in [4.69, 9.17) is 4.74 Å². The van der Waals surface area contributed by atoms with Gasteiger partial charge in [0.15, 0.2) is 0 Å². The molecule has 0 bridgehead atoms. The van der Waals surface area contributed by atoms with Gasteiger partial charge < -0.3 is 15.4 Å². The zero-order valence-corrected chi connectivity index (χ0v) is 13.1. The molecular weight excluding hydrogens is 288 g/mol. The summed E-state index contributed by atoms with van der Waals surface area (Å²) in [6.45, 7) is 2.25. The van der Waals surface area contributed by atoms with Gasteiger partial charge >= 0.3 is 0 Å². The molecule has 0 aromatic heterocycles. The van der Waals surface area contributed by atoms with Crippen LogP contribution in [-0.4, -0.2) is 31.7 Å². The van der Waals surface area contributed by atoms with Crippen molar-refractivity contribution in [3.05, 3.63) is 71.8 Å². The predicted molar refractivity (Wildman–Crippen MR) is 90.1 cm³/mol. The van der Waals surface area contributed by atoms with Crippen LogP contribution in [-0.2, 0) is 9.53 Å². The van der Waals surface area contributed by atoms with E-state index in [0.717, 1.165) is 24.2 Å². The summed E-state index contributed by atoms with van der Waals surface area (Å²) in [6.07, 6.45) is 0.333. The fourth-order valence-electron chi connectivity index (χ4n) is 2.83. The number of carbonyl (C=O) groups is 1. The molecule has 2 N–H and O–H groups in total. The highest BCUT2D eigenvalue weighted by Gasteiger charge is 2.21. The van der Waals surface area contributed by atoms with Gasteiger partial charge in [-0.25, -0.2) is 0 Å². The average molecular weight is 310 g/mol. The summed E-state index contributed by atoms with van der Waals surface area (Å²) in [5, 5.41) is 6.40. The van der Waals surface area contributed by atoms with E-state index in [1.807, 2.05) is 60.7 Å². The Labute approximate surface area is 136 Å². The topological polar surface area (TPSA) is 50.4 Å². The molecule has 1 amide bonds. The highest BCUT2D eigenvalue weighted by Crippen LogP contribution is 2.22. The summed E-state index contributed by atoms with van der Waals surface area (Å²) in [6, 6.07) is 19.9. The third kappa shape index (κ3) is 4.41. The molecule has 0 radical (unpaired) electrons. The molecule has 1 heterocycles. The Morgan fingerprint density at radius 1 is 1.09 bits per heavy atom. The number of hydrogen-bond acceptors (Lipinski definition) is 3. The number of amides is 1. The first-order chi connectivity index (χ1) is 11.3. The Bertz CT molecular complexity index is 570. The quantitative estimate of drug-likeness (QED) is 0.891. The van der Waals surface area contributed by atoms with Gasteiger partial charge in [-0.3, -0.25) is 4.79 Å². The number of carbonyl (C=O) groups excluding carboxylic acids is 1. The van der Waals surface area contributed by atoms with Crippen LogP contribution in [0.25, 0.3) is 0 Å². The zero-order valence-electron chi connectivity index (χ0n) is 13.1. The van der Waals surface area contributed by atoms with E-state index in [-0.39, 0.29) is 18.1 Å². The number of benzene rings is 2. The van der Waals surface area contributed by atoms with E-state index in [1.54, 1.807) is 0 Å². The molecule has 3 rings (SSSR count). The van der Waals surface area contributed by atoms with Crippen molar-refractivity contribution in [3.8, 4) is 0 Å². The minimum atomic E-state index is -0.138. The standard InChI is InChI=1S/C19H22N2O2/c22-18(13-17-14-20-11-12-23-17)21-19(15-7-3-1-4-8-15)16-9-5-2-6-10-16/h1-10,17,19-20H,11-14H2,(H,21,22). The van der Waals surface area contributed by atoms with E-state index in [0.29, 0.717) is 13.0 Å². The fraction of sp³-hybridized carbons (Fsp3) is 0.316. The molecule has 4 nitrogen and oxygen atoms in total.